The van der Waals surface area contributed by atoms with Gasteiger partial charge >= 0.3 is 5.97 Å². The van der Waals surface area contributed by atoms with Crippen molar-refractivity contribution in [1.29, 1.82) is 0 Å². The molecular formula is C15H13Cl2NO2S. The molecule has 0 aliphatic carbocycles. The van der Waals surface area contributed by atoms with E-state index in [1.807, 2.05) is 6.92 Å². The lowest BCUT2D eigenvalue weighted by atomic mass is 10.2. The van der Waals surface area contributed by atoms with Gasteiger partial charge in [-0.05, 0) is 30.7 Å². The summed E-state index contributed by atoms with van der Waals surface area (Å²) in [5, 5.41) is 1.05. The third-order valence-electron chi connectivity index (χ3n) is 2.78. The van der Waals surface area contributed by atoms with Crippen molar-refractivity contribution >= 4 is 46.6 Å². The molecule has 6 heteroatoms. The number of ether oxygens (including phenoxy) is 1. The maximum Gasteiger partial charge on any atom is 0.330 e. The van der Waals surface area contributed by atoms with Crippen LogP contribution in [0.3, 0.4) is 0 Å². The fourth-order valence-electron chi connectivity index (χ4n) is 1.65. The highest BCUT2D eigenvalue weighted by molar-refractivity contribution is 7.09. The smallest absolute Gasteiger partial charge is 0.330 e. The van der Waals surface area contributed by atoms with E-state index in [0.717, 1.165) is 16.1 Å². The number of hydrogen-bond donors (Lipinski definition) is 0. The number of rotatable bonds is 5. The van der Waals surface area contributed by atoms with Crippen molar-refractivity contribution in [3.8, 4) is 0 Å². The molecule has 2 aromatic rings. The topological polar surface area (TPSA) is 39.2 Å². The van der Waals surface area contributed by atoms with Crippen LogP contribution in [0.25, 0.3) is 6.08 Å². The lowest BCUT2D eigenvalue weighted by Crippen LogP contribution is -2.04. The number of nitrogens with zero attached hydrogens (tertiary/aromatic N) is 1. The molecule has 2 rings (SSSR count). The monoisotopic (exact) mass is 341 g/mol. The number of halogens is 2. The average molecular weight is 342 g/mol. The van der Waals surface area contributed by atoms with Crippen LogP contribution in [-0.4, -0.2) is 17.6 Å². The Morgan fingerprint density at radius 2 is 2.24 bits per heavy atom. The first kappa shape index (κ1) is 16.0. The standard InChI is InChI=1S/C15H13Cl2NO2S/c1-10-14(21-9-18-10)6-7-20-15(19)5-3-11-2-4-12(16)8-13(11)17/h2-5,8-9H,6-7H2,1H3. The number of esters is 1. The second-order valence-electron chi connectivity index (χ2n) is 4.28. The van der Waals surface area contributed by atoms with E-state index in [4.69, 9.17) is 27.9 Å². The highest BCUT2D eigenvalue weighted by Crippen LogP contribution is 2.22. The summed E-state index contributed by atoms with van der Waals surface area (Å²) in [7, 11) is 0. The van der Waals surface area contributed by atoms with E-state index in [1.54, 1.807) is 41.1 Å². The van der Waals surface area contributed by atoms with Gasteiger partial charge in [0, 0.05) is 27.4 Å². The zero-order valence-corrected chi connectivity index (χ0v) is 13.6. The summed E-state index contributed by atoms with van der Waals surface area (Å²) in [6, 6.07) is 5.08. The van der Waals surface area contributed by atoms with E-state index in [-0.39, 0.29) is 0 Å². The molecule has 0 fully saturated rings. The van der Waals surface area contributed by atoms with Gasteiger partial charge in [-0.2, -0.15) is 0 Å². The second-order valence-corrected chi connectivity index (χ2v) is 6.06. The zero-order chi connectivity index (χ0) is 15.2. The molecule has 21 heavy (non-hydrogen) atoms. The quantitative estimate of drug-likeness (QED) is 0.591. The van der Waals surface area contributed by atoms with Crippen LogP contribution in [-0.2, 0) is 16.0 Å². The van der Waals surface area contributed by atoms with E-state index in [2.05, 4.69) is 4.98 Å². The van der Waals surface area contributed by atoms with Crippen LogP contribution >= 0.6 is 34.5 Å². The van der Waals surface area contributed by atoms with Gasteiger partial charge < -0.3 is 4.74 Å². The lowest BCUT2D eigenvalue weighted by molar-refractivity contribution is -0.137. The minimum Gasteiger partial charge on any atom is -0.462 e. The fourth-order valence-corrected chi connectivity index (χ4v) is 2.89. The first-order valence-corrected chi connectivity index (χ1v) is 7.88. The number of aromatic nitrogens is 1. The first-order valence-electron chi connectivity index (χ1n) is 6.25. The van der Waals surface area contributed by atoms with Crippen molar-refractivity contribution in [2.24, 2.45) is 0 Å². The normalized spacial score (nSPS) is 11.0. The Labute approximate surface area is 137 Å². The molecule has 0 bridgehead atoms. The molecule has 0 unspecified atom stereocenters. The Hall–Kier alpha value is -1.36. The predicted octanol–water partition coefficient (Wildman–Crippen LogP) is 4.56. The van der Waals surface area contributed by atoms with Gasteiger partial charge in [0.1, 0.15) is 0 Å². The van der Waals surface area contributed by atoms with Gasteiger partial charge in [0.25, 0.3) is 0 Å². The molecule has 1 heterocycles. The molecule has 0 spiro atoms. The fraction of sp³-hybridized carbons (Fsp3) is 0.200. The maximum absolute atomic E-state index is 11.6. The molecule has 0 amide bonds. The average Bonchev–Trinajstić information content (AvgIpc) is 2.83. The second kappa shape index (κ2) is 7.59. The Kier molecular flexibility index (Phi) is 5.79. The van der Waals surface area contributed by atoms with Crippen LogP contribution < -0.4 is 0 Å². The highest BCUT2D eigenvalue weighted by Gasteiger charge is 2.04. The van der Waals surface area contributed by atoms with Crippen molar-refractivity contribution in [3.05, 3.63) is 56.0 Å². The molecule has 0 atom stereocenters. The summed E-state index contributed by atoms with van der Waals surface area (Å²) in [6.45, 7) is 2.27. The van der Waals surface area contributed by atoms with Gasteiger partial charge in [0.2, 0.25) is 0 Å². The minimum atomic E-state index is -0.400. The third-order valence-corrected chi connectivity index (χ3v) is 4.34. The zero-order valence-electron chi connectivity index (χ0n) is 11.3. The summed E-state index contributed by atoms with van der Waals surface area (Å²) in [5.41, 5.74) is 3.49. The molecule has 0 aliphatic rings. The van der Waals surface area contributed by atoms with Gasteiger partial charge in [-0.15, -0.1) is 11.3 Å². The Morgan fingerprint density at radius 3 is 2.90 bits per heavy atom. The molecule has 0 radical (unpaired) electrons. The van der Waals surface area contributed by atoms with Crippen LogP contribution in [0, 0.1) is 6.92 Å². The molecule has 0 N–H and O–H groups in total. The van der Waals surface area contributed by atoms with Crippen LogP contribution in [0.5, 0.6) is 0 Å². The Morgan fingerprint density at radius 1 is 1.43 bits per heavy atom. The van der Waals surface area contributed by atoms with Crippen molar-refractivity contribution in [3.63, 3.8) is 0 Å². The maximum atomic E-state index is 11.6. The summed E-state index contributed by atoms with van der Waals surface area (Å²) in [5.74, 6) is -0.400. The molecule has 3 nitrogen and oxygen atoms in total. The first-order chi connectivity index (χ1) is 10.1. The summed E-state index contributed by atoms with van der Waals surface area (Å²) in [4.78, 5) is 16.9. The summed E-state index contributed by atoms with van der Waals surface area (Å²) >= 11 is 13.4. The van der Waals surface area contributed by atoms with Gasteiger partial charge in [-0.3, -0.25) is 0 Å². The number of benzene rings is 1. The van der Waals surface area contributed by atoms with Crippen molar-refractivity contribution in [2.75, 3.05) is 6.61 Å². The Bertz CT molecular complexity index is 667. The third kappa shape index (κ3) is 4.84. The molecule has 1 aromatic heterocycles. The SMILES string of the molecule is Cc1ncsc1CCOC(=O)C=Cc1ccc(Cl)cc1Cl. The van der Waals surface area contributed by atoms with Crippen molar-refractivity contribution in [1.82, 2.24) is 4.98 Å². The van der Waals surface area contributed by atoms with E-state index in [9.17, 15) is 4.79 Å². The van der Waals surface area contributed by atoms with E-state index < -0.39 is 5.97 Å². The number of thiazole rings is 1. The van der Waals surface area contributed by atoms with E-state index in [1.165, 1.54) is 6.08 Å². The summed E-state index contributed by atoms with van der Waals surface area (Å²) < 4.78 is 5.14. The van der Waals surface area contributed by atoms with E-state index in [0.29, 0.717) is 23.1 Å². The highest BCUT2D eigenvalue weighted by atomic mass is 35.5. The number of carbonyl (C=O) groups is 1. The van der Waals surface area contributed by atoms with Gasteiger partial charge in [-0.25, -0.2) is 9.78 Å². The molecular weight excluding hydrogens is 329 g/mol. The molecule has 0 saturated carbocycles. The lowest BCUT2D eigenvalue weighted by Gasteiger charge is -2.01. The molecule has 1 aromatic carbocycles. The van der Waals surface area contributed by atoms with Crippen LogP contribution in [0.1, 0.15) is 16.1 Å². The van der Waals surface area contributed by atoms with Crippen LogP contribution in [0.2, 0.25) is 10.0 Å². The number of carbonyl (C=O) groups excluding carboxylic acids is 1. The van der Waals surface area contributed by atoms with Crippen molar-refractivity contribution < 1.29 is 9.53 Å². The van der Waals surface area contributed by atoms with Crippen LogP contribution in [0.15, 0.2) is 29.8 Å². The van der Waals surface area contributed by atoms with Crippen LogP contribution in [0.4, 0.5) is 0 Å². The number of aryl methyl sites for hydroxylation is 1. The van der Waals surface area contributed by atoms with Gasteiger partial charge in [-0.1, -0.05) is 29.3 Å². The van der Waals surface area contributed by atoms with Gasteiger partial charge in [0.05, 0.1) is 17.8 Å². The molecule has 0 aliphatic heterocycles. The van der Waals surface area contributed by atoms with Crippen molar-refractivity contribution in [2.45, 2.75) is 13.3 Å². The minimum absolute atomic E-state index is 0.334. The van der Waals surface area contributed by atoms with Gasteiger partial charge in [0.15, 0.2) is 0 Å². The predicted molar refractivity (Wildman–Crippen MR) is 87.0 cm³/mol. The molecule has 110 valence electrons. The Balaban J connectivity index is 1.84. The largest absolute Gasteiger partial charge is 0.462 e. The summed E-state index contributed by atoms with van der Waals surface area (Å²) in [6.07, 6.45) is 3.64. The number of hydrogen-bond acceptors (Lipinski definition) is 4. The van der Waals surface area contributed by atoms with E-state index >= 15 is 0 Å². The molecule has 0 saturated heterocycles.